The molecule has 10 heteroatoms. The Labute approximate surface area is 494 Å². The van der Waals surface area contributed by atoms with E-state index in [4.69, 9.17) is 24.3 Å². The molecule has 0 aromatic heterocycles. The summed E-state index contributed by atoms with van der Waals surface area (Å²) in [6, 6.07) is 0. The van der Waals surface area contributed by atoms with Crippen LogP contribution in [0, 0.1) is 0 Å². The molecule has 0 aliphatic carbocycles. The summed E-state index contributed by atoms with van der Waals surface area (Å²) in [5.41, 5.74) is 5.39. The van der Waals surface area contributed by atoms with Crippen molar-refractivity contribution in [1.29, 1.82) is 0 Å². The highest BCUT2D eigenvalue weighted by Gasteiger charge is 2.26. The van der Waals surface area contributed by atoms with Crippen LogP contribution in [0.5, 0.6) is 0 Å². The molecule has 9 nitrogen and oxygen atoms in total. The van der Waals surface area contributed by atoms with E-state index in [1.807, 2.05) is 0 Å². The molecule has 0 aromatic rings. The van der Waals surface area contributed by atoms with Crippen LogP contribution in [-0.4, -0.2) is 49.3 Å². The van der Waals surface area contributed by atoms with Gasteiger partial charge >= 0.3 is 19.8 Å². The van der Waals surface area contributed by atoms with Crippen molar-refractivity contribution in [2.24, 2.45) is 5.73 Å². The zero-order valence-corrected chi connectivity index (χ0v) is 53.2. The number of carbonyl (C=O) groups is 2. The standard InChI is InChI=1S/C70H128NO8P/c1-3-5-7-9-11-13-15-17-19-21-23-24-25-26-27-28-29-30-31-32-33-34-35-36-37-38-39-40-41-42-43-44-45-47-49-51-53-55-57-59-61-63-70(73)79-68(67-78-80(74,75)77-65-64-71)66-76-69(72)62-60-58-56-54-52-50-48-46-22-20-18-16-14-12-10-8-6-4-2/h5,7,11,13,17,19-20,22-24,26-27,68H,3-4,6,8-10,12,14-16,18,21,25,28-67,71H2,1-2H3,(H,74,75)/b7-5-,13-11-,19-17-,22-20-,24-23-,27-26-. The number of nitrogens with two attached hydrogens (primary N) is 1. The second-order valence-electron chi connectivity index (χ2n) is 22.7. The third-order valence-electron chi connectivity index (χ3n) is 14.8. The summed E-state index contributed by atoms with van der Waals surface area (Å²) in [5.74, 6) is -0.818. The first kappa shape index (κ1) is 77.5. The van der Waals surface area contributed by atoms with Crippen molar-refractivity contribution in [3.05, 3.63) is 72.9 Å². The minimum atomic E-state index is -4.39. The fraction of sp³-hybridized carbons (Fsp3) is 0.800. The van der Waals surface area contributed by atoms with Gasteiger partial charge in [0.1, 0.15) is 6.61 Å². The number of allylic oxidation sites excluding steroid dienone is 12. The fourth-order valence-corrected chi connectivity index (χ4v) is 10.6. The van der Waals surface area contributed by atoms with Crippen LogP contribution in [0.3, 0.4) is 0 Å². The molecule has 0 saturated heterocycles. The van der Waals surface area contributed by atoms with Gasteiger partial charge in [0, 0.05) is 19.4 Å². The zero-order chi connectivity index (χ0) is 58.0. The van der Waals surface area contributed by atoms with Gasteiger partial charge in [-0.05, 0) is 83.5 Å². The van der Waals surface area contributed by atoms with E-state index in [0.717, 1.165) is 77.0 Å². The SMILES string of the molecule is CC/C=C\C/C=C\C/C=C\C/C=C\C/C=C\CCCCCCCCCCCCCCCCCCCCCCCCCCCC(=O)OC(COC(=O)CCCCCCCCC/C=C\CCCCCCCCC)COP(=O)(O)OCCN. The molecule has 466 valence electrons. The maximum absolute atomic E-state index is 12.7. The average Bonchev–Trinajstić information content (AvgIpc) is 3.45. The van der Waals surface area contributed by atoms with Crippen molar-refractivity contribution in [3.63, 3.8) is 0 Å². The molecule has 0 fully saturated rings. The van der Waals surface area contributed by atoms with E-state index in [0.29, 0.717) is 6.42 Å². The minimum absolute atomic E-state index is 0.0536. The molecule has 0 bridgehead atoms. The third-order valence-corrected chi connectivity index (χ3v) is 15.8. The Morgan fingerprint density at radius 3 is 1.04 bits per heavy atom. The van der Waals surface area contributed by atoms with Crippen molar-refractivity contribution in [2.75, 3.05) is 26.4 Å². The van der Waals surface area contributed by atoms with E-state index in [9.17, 15) is 19.0 Å². The number of hydrogen-bond donors (Lipinski definition) is 2. The lowest BCUT2D eigenvalue weighted by atomic mass is 10.0. The molecular formula is C70H128NO8P. The molecule has 2 unspecified atom stereocenters. The fourth-order valence-electron chi connectivity index (χ4n) is 9.84. The number of phosphoric acid groups is 1. The summed E-state index contributed by atoms with van der Waals surface area (Å²) in [6.07, 6.45) is 85.8. The summed E-state index contributed by atoms with van der Waals surface area (Å²) >= 11 is 0. The van der Waals surface area contributed by atoms with Gasteiger partial charge in [-0.2, -0.15) is 0 Å². The lowest BCUT2D eigenvalue weighted by Gasteiger charge is -2.19. The minimum Gasteiger partial charge on any atom is -0.462 e. The Kier molecular flexibility index (Phi) is 63.5. The van der Waals surface area contributed by atoms with Crippen LogP contribution in [0.2, 0.25) is 0 Å². The van der Waals surface area contributed by atoms with Crippen LogP contribution in [0.1, 0.15) is 328 Å². The highest BCUT2D eigenvalue weighted by molar-refractivity contribution is 7.47. The van der Waals surface area contributed by atoms with Crippen molar-refractivity contribution in [2.45, 2.75) is 335 Å². The van der Waals surface area contributed by atoms with E-state index in [-0.39, 0.29) is 38.6 Å². The molecule has 0 aliphatic heterocycles. The second-order valence-corrected chi connectivity index (χ2v) is 24.1. The van der Waals surface area contributed by atoms with Gasteiger partial charge in [-0.25, -0.2) is 4.57 Å². The van der Waals surface area contributed by atoms with Gasteiger partial charge in [-0.1, -0.05) is 305 Å². The third kappa shape index (κ3) is 64.6. The number of carbonyl (C=O) groups excluding carboxylic acids is 2. The van der Waals surface area contributed by atoms with Crippen LogP contribution in [0.25, 0.3) is 0 Å². The first-order chi connectivity index (χ1) is 39.3. The summed E-state index contributed by atoms with van der Waals surface area (Å²) < 4.78 is 33.1. The summed E-state index contributed by atoms with van der Waals surface area (Å²) in [6.45, 7) is 3.67. The maximum atomic E-state index is 12.7. The summed E-state index contributed by atoms with van der Waals surface area (Å²) in [7, 11) is -4.39. The lowest BCUT2D eigenvalue weighted by Crippen LogP contribution is -2.29. The summed E-state index contributed by atoms with van der Waals surface area (Å²) in [5, 5.41) is 0. The first-order valence-electron chi connectivity index (χ1n) is 33.9. The smallest absolute Gasteiger partial charge is 0.462 e. The van der Waals surface area contributed by atoms with Gasteiger partial charge in [-0.3, -0.25) is 18.6 Å². The molecule has 0 aliphatic rings. The molecule has 0 amide bonds. The predicted octanol–water partition coefficient (Wildman–Crippen LogP) is 22.0. The van der Waals surface area contributed by atoms with Gasteiger partial charge in [0.15, 0.2) is 6.10 Å². The molecule has 0 saturated carbocycles. The van der Waals surface area contributed by atoms with Gasteiger partial charge < -0.3 is 20.1 Å². The van der Waals surface area contributed by atoms with Gasteiger partial charge in [0.05, 0.1) is 13.2 Å². The zero-order valence-electron chi connectivity index (χ0n) is 52.3. The number of unbranched alkanes of at least 4 members (excludes halogenated alkanes) is 39. The molecule has 0 spiro atoms. The van der Waals surface area contributed by atoms with Crippen molar-refractivity contribution in [1.82, 2.24) is 0 Å². The highest BCUT2D eigenvalue weighted by Crippen LogP contribution is 2.43. The topological polar surface area (TPSA) is 134 Å². The van der Waals surface area contributed by atoms with E-state index < -0.39 is 26.5 Å². The number of esters is 2. The normalized spacial score (nSPS) is 13.4. The molecular weight excluding hydrogens is 1010 g/mol. The Hall–Kier alpha value is -2.55. The number of hydrogen-bond acceptors (Lipinski definition) is 8. The van der Waals surface area contributed by atoms with Gasteiger partial charge in [0.2, 0.25) is 0 Å². The Bertz CT molecular complexity index is 1540. The van der Waals surface area contributed by atoms with E-state index in [1.54, 1.807) is 0 Å². The van der Waals surface area contributed by atoms with Crippen molar-refractivity contribution in [3.8, 4) is 0 Å². The van der Waals surface area contributed by atoms with Crippen LogP contribution in [0.4, 0.5) is 0 Å². The molecule has 0 radical (unpaired) electrons. The Morgan fingerprint density at radius 1 is 0.388 bits per heavy atom. The number of rotatable bonds is 64. The van der Waals surface area contributed by atoms with E-state index >= 15 is 0 Å². The monoisotopic (exact) mass is 1140 g/mol. The van der Waals surface area contributed by atoms with Gasteiger partial charge in [-0.15, -0.1) is 0 Å². The predicted molar refractivity (Wildman–Crippen MR) is 344 cm³/mol. The van der Waals surface area contributed by atoms with E-state index in [1.165, 1.54) is 218 Å². The van der Waals surface area contributed by atoms with Crippen LogP contribution < -0.4 is 5.73 Å². The number of ether oxygens (including phenoxy) is 2. The van der Waals surface area contributed by atoms with Gasteiger partial charge in [0.25, 0.3) is 0 Å². The van der Waals surface area contributed by atoms with Crippen molar-refractivity contribution < 1.29 is 37.6 Å². The van der Waals surface area contributed by atoms with Crippen LogP contribution in [-0.2, 0) is 32.7 Å². The molecule has 2 atom stereocenters. The molecule has 3 N–H and O–H groups in total. The molecule has 0 aromatic carbocycles. The van der Waals surface area contributed by atoms with Crippen LogP contribution in [0.15, 0.2) is 72.9 Å². The number of phosphoric ester groups is 1. The summed E-state index contributed by atoms with van der Waals surface area (Å²) in [4.78, 5) is 35.3. The lowest BCUT2D eigenvalue weighted by molar-refractivity contribution is -0.161. The molecule has 0 rings (SSSR count). The van der Waals surface area contributed by atoms with Crippen molar-refractivity contribution >= 4 is 19.8 Å². The maximum Gasteiger partial charge on any atom is 0.472 e. The Balaban J connectivity index is 3.77. The highest BCUT2D eigenvalue weighted by atomic mass is 31.2. The largest absolute Gasteiger partial charge is 0.472 e. The Morgan fingerprint density at radius 2 is 0.688 bits per heavy atom. The molecule has 80 heavy (non-hydrogen) atoms. The van der Waals surface area contributed by atoms with Crippen LogP contribution >= 0.6 is 7.82 Å². The van der Waals surface area contributed by atoms with E-state index in [2.05, 4.69) is 86.8 Å². The average molecular weight is 1140 g/mol. The first-order valence-corrected chi connectivity index (χ1v) is 35.4. The quantitative estimate of drug-likeness (QED) is 0.0264. The second kappa shape index (κ2) is 65.6. The molecule has 0 heterocycles.